The van der Waals surface area contributed by atoms with Crippen molar-refractivity contribution < 1.29 is 4.74 Å². The lowest BCUT2D eigenvalue weighted by molar-refractivity contribution is 0.0170. The van der Waals surface area contributed by atoms with Gasteiger partial charge in [0.2, 0.25) is 0 Å². The van der Waals surface area contributed by atoms with Gasteiger partial charge in [0.15, 0.2) is 17.4 Å². The molecule has 1 aliphatic heterocycles. The molecular weight excluding hydrogens is 390 g/mol. The standard InChI is InChI=1S/C23H31N7O/c1-3-24-23(26-17-22-28-27-21-9-4-5-10-30(21)22)25-16-20(29-11-13-31-14-12-29)19-8-6-7-18(2)15-19/h4-10,15,20H,3,11-14,16-17H2,1-2H3,(H2,24,25,26). The van der Waals surface area contributed by atoms with Crippen molar-refractivity contribution in [2.45, 2.75) is 26.4 Å². The molecule has 2 aromatic heterocycles. The fraction of sp³-hybridized carbons (Fsp3) is 0.435. The molecule has 1 aromatic carbocycles. The van der Waals surface area contributed by atoms with Crippen LogP contribution in [0.5, 0.6) is 0 Å². The van der Waals surface area contributed by atoms with Gasteiger partial charge in [0, 0.05) is 32.4 Å². The maximum absolute atomic E-state index is 5.58. The Morgan fingerprint density at radius 1 is 1.13 bits per heavy atom. The Labute approximate surface area is 183 Å². The fourth-order valence-electron chi connectivity index (χ4n) is 3.91. The normalized spacial score (nSPS) is 16.4. The number of benzene rings is 1. The molecule has 1 fully saturated rings. The molecule has 3 heterocycles. The van der Waals surface area contributed by atoms with Crippen LogP contribution in [-0.4, -0.2) is 64.9 Å². The predicted molar refractivity (Wildman–Crippen MR) is 122 cm³/mol. The topological polar surface area (TPSA) is 79.1 Å². The van der Waals surface area contributed by atoms with Crippen molar-refractivity contribution in [1.82, 2.24) is 30.1 Å². The summed E-state index contributed by atoms with van der Waals surface area (Å²) in [6, 6.07) is 14.9. The molecular formula is C23H31N7O. The number of morpholine rings is 1. The number of fused-ring (bicyclic) bond motifs is 1. The number of aliphatic imine (C=N–C) groups is 1. The summed E-state index contributed by atoms with van der Waals surface area (Å²) in [4.78, 5) is 7.25. The van der Waals surface area contributed by atoms with Crippen LogP contribution in [0.1, 0.15) is 29.9 Å². The summed E-state index contributed by atoms with van der Waals surface area (Å²) in [5, 5.41) is 15.4. The van der Waals surface area contributed by atoms with Crippen molar-refractivity contribution >= 4 is 11.6 Å². The van der Waals surface area contributed by atoms with Gasteiger partial charge >= 0.3 is 0 Å². The first kappa shape index (κ1) is 21.3. The minimum absolute atomic E-state index is 0.251. The first-order valence-corrected chi connectivity index (χ1v) is 10.9. The summed E-state index contributed by atoms with van der Waals surface area (Å²) in [5.74, 6) is 1.59. The Morgan fingerprint density at radius 3 is 2.81 bits per heavy atom. The Bertz CT molecular complexity index is 1010. The van der Waals surface area contributed by atoms with Gasteiger partial charge in [-0.15, -0.1) is 10.2 Å². The molecule has 1 aliphatic rings. The molecule has 164 valence electrons. The summed E-state index contributed by atoms with van der Waals surface area (Å²) in [6.07, 6.45) is 1.97. The molecule has 3 aromatic rings. The van der Waals surface area contributed by atoms with E-state index in [9.17, 15) is 0 Å². The van der Waals surface area contributed by atoms with Gasteiger partial charge in [-0.1, -0.05) is 35.9 Å². The van der Waals surface area contributed by atoms with Crippen LogP contribution in [0.2, 0.25) is 0 Å². The molecule has 1 atom stereocenters. The van der Waals surface area contributed by atoms with Gasteiger partial charge in [0.05, 0.1) is 19.3 Å². The molecule has 0 aliphatic carbocycles. The van der Waals surface area contributed by atoms with Gasteiger partial charge in [-0.25, -0.2) is 4.99 Å². The average Bonchev–Trinajstić information content (AvgIpc) is 3.21. The molecule has 1 saturated heterocycles. The van der Waals surface area contributed by atoms with Crippen LogP contribution in [0, 0.1) is 6.92 Å². The van der Waals surface area contributed by atoms with Crippen molar-refractivity contribution in [2.75, 3.05) is 39.4 Å². The number of rotatable bonds is 7. The number of hydrogen-bond donors (Lipinski definition) is 2. The zero-order valence-corrected chi connectivity index (χ0v) is 18.3. The predicted octanol–water partition coefficient (Wildman–Crippen LogP) is 2.17. The lowest BCUT2D eigenvalue weighted by Gasteiger charge is -2.35. The van der Waals surface area contributed by atoms with Crippen LogP contribution in [0.25, 0.3) is 5.65 Å². The third-order valence-electron chi connectivity index (χ3n) is 5.48. The Morgan fingerprint density at radius 2 is 2.00 bits per heavy atom. The number of guanidine groups is 1. The van der Waals surface area contributed by atoms with Crippen LogP contribution in [0.4, 0.5) is 0 Å². The molecule has 0 spiro atoms. The summed E-state index contributed by atoms with van der Waals surface area (Å²) in [5.41, 5.74) is 3.42. The Balaban J connectivity index is 1.49. The zero-order chi connectivity index (χ0) is 21.5. The van der Waals surface area contributed by atoms with E-state index in [4.69, 9.17) is 9.73 Å². The largest absolute Gasteiger partial charge is 0.379 e. The second kappa shape index (κ2) is 10.4. The zero-order valence-electron chi connectivity index (χ0n) is 18.3. The lowest BCUT2D eigenvalue weighted by Crippen LogP contribution is -2.46. The summed E-state index contributed by atoms with van der Waals surface area (Å²) < 4.78 is 7.54. The summed E-state index contributed by atoms with van der Waals surface area (Å²) in [7, 11) is 0. The van der Waals surface area contributed by atoms with Gasteiger partial charge in [-0.05, 0) is 31.5 Å². The molecule has 8 heteroatoms. The monoisotopic (exact) mass is 421 g/mol. The minimum Gasteiger partial charge on any atom is -0.379 e. The molecule has 4 rings (SSSR count). The smallest absolute Gasteiger partial charge is 0.191 e. The first-order chi connectivity index (χ1) is 15.2. The second-order valence-corrected chi connectivity index (χ2v) is 7.70. The number of aryl methyl sites for hydroxylation is 1. The maximum Gasteiger partial charge on any atom is 0.191 e. The Kier molecular flexibility index (Phi) is 7.11. The van der Waals surface area contributed by atoms with E-state index in [0.717, 1.165) is 56.8 Å². The van der Waals surface area contributed by atoms with Crippen molar-refractivity contribution in [3.05, 3.63) is 65.6 Å². The van der Waals surface area contributed by atoms with Crippen molar-refractivity contribution in [2.24, 2.45) is 4.99 Å². The van der Waals surface area contributed by atoms with E-state index in [1.807, 2.05) is 28.8 Å². The lowest BCUT2D eigenvalue weighted by atomic mass is 10.0. The van der Waals surface area contributed by atoms with Crippen LogP contribution in [-0.2, 0) is 11.3 Å². The number of hydrogen-bond acceptors (Lipinski definition) is 5. The molecule has 0 radical (unpaired) electrons. The highest BCUT2D eigenvalue weighted by atomic mass is 16.5. The first-order valence-electron chi connectivity index (χ1n) is 10.9. The highest BCUT2D eigenvalue weighted by molar-refractivity contribution is 5.79. The van der Waals surface area contributed by atoms with Gasteiger partial charge in [-0.3, -0.25) is 9.30 Å². The van der Waals surface area contributed by atoms with E-state index in [1.54, 1.807) is 0 Å². The van der Waals surface area contributed by atoms with Gasteiger partial charge < -0.3 is 15.4 Å². The van der Waals surface area contributed by atoms with E-state index in [-0.39, 0.29) is 6.04 Å². The SMILES string of the molecule is CCNC(=NCc1nnc2ccccn12)NCC(c1cccc(C)c1)N1CCOCC1. The molecule has 8 nitrogen and oxygen atoms in total. The summed E-state index contributed by atoms with van der Waals surface area (Å²) in [6.45, 7) is 9.62. The van der Waals surface area contributed by atoms with Crippen molar-refractivity contribution in [3.8, 4) is 0 Å². The molecule has 2 N–H and O–H groups in total. The van der Waals surface area contributed by atoms with Crippen molar-refractivity contribution in [1.29, 1.82) is 0 Å². The van der Waals surface area contributed by atoms with Gasteiger partial charge in [-0.2, -0.15) is 0 Å². The fourth-order valence-corrected chi connectivity index (χ4v) is 3.91. The van der Waals surface area contributed by atoms with E-state index < -0.39 is 0 Å². The van der Waals surface area contributed by atoms with Crippen LogP contribution < -0.4 is 10.6 Å². The minimum atomic E-state index is 0.251. The highest BCUT2D eigenvalue weighted by Crippen LogP contribution is 2.22. The quantitative estimate of drug-likeness (QED) is 0.450. The van der Waals surface area contributed by atoms with E-state index >= 15 is 0 Å². The average molecular weight is 422 g/mol. The molecule has 1 unspecified atom stereocenters. The third-order valence-corrected chi connectivity index (χ3v) is 5.48. The maximum atomic E-state index is 5.58. The second-order valence-electron chi connectivity index (χ2n) is 7.70. The van der Waals surface area contributed by atoms with Gasteiger partial charge in [0.1, 0.15) is 6.54 Å². The number of aromatic nitrogens is 3. The van der Waals surface area contributed by atoms with Crippen molar-refractivity contribution in [3.63, 3.8) is 0 Å². The number of nitrogens with zero attached hydrogens (tertiary/aromatic N) is 5. The molecule has 0 amide bonds. The summed E-state index contributed by atoms with van der Waals surface area (Å²) >= 11 is 0. The molecule has 0 bridgehead atoms. The van der Waals surface area contributed by atoms with Gasteiger partial charge in [0.25, 0.3) is 0 Å². The Hall–Kier alpha value is -2.97. The number of nitrogens with one attached hydrogen (secondary N) is 2. The van der Waals surface area contributed by atoms with E-state index in [0.29, 0.717) is 6.54 Å². The highest BCUT2D eigenvalue weighted by Gasteiger charge is 2.23. The van der Waals surface area contributed by atoms with E-state index in [1.165, 1.54) is 11.1 Å². The third kappa shape index (κ3) is 5.39. The van der Waals surface area contributed by atoms with Crippen LogP contribution in [0.3, 0.4) is 0 Å². The van der Waals surface area contributed by atoms with E-state index in [2.05, 4.69) is 63.8 Å². The number of ether oxygens (including phenoxy) is 1. The van der Waals surface area contributed by atoms with Crippen LogP contribution >= 0.6 is 0 Å². The molecule has 0 saturated carbocycles. The van der Waals surface area contributed by atoms with Crippen LogP contribution in [0.15, 0.2) is 53.7 Å². The number of pyridine rings is 1. The molecule has 31 heavy (non-hydrogen) atoms.